The quantitative estimate of drug-likeness (QED) is 0.550. The molecule has 1 aliphatic heterocycles. The van der Waals surface area contributed by atoms with Crippen molar-refractivity contribution in [1.82, 2.24) is 0 Å². The van der Waals surface area contributed by atoms with Gasteiger partial charge in [0, 0.05) is 15.4 Å². The summed E-state index contributed by atoms with van der Waals surface area (Å²) < 4.78 is 5.64. The summed E-state index contributed by atoms with van der Waals surface area (Å²) in [6, 6.07) is 0. The van der Waals surface area contributed by atoms with Gasteiger partial charge in [-0.15, -0.1) is 0 Å². The molecule has 2 heteroatoms. The van der Waals surface area contributed by atoms with Crippen molar-refractivity contribution in [3.05, 3.63) is 0 Å². The highest BCUT2D eigenvalue weighted by atomic mass is 28.3. The summed E-state index contributed by atoms with van der Waals surface area (Å²) in [5.74, 6) is 0. The summed E-state index contributed by atoms with van der Waals surface area (Å²) in [7, 11) is -0.454. The molecule has 0 bridgehead atoms. The van der Waals surface area contributed by atoms with Crippen LogP contribution in [0.5, 0.6) is 0 Å². The molecule has 0 saturated carbocycles. The van der Waals surface area contributed by atoms with Gasteiger partial charge in [0.1, 0.15) is 0 Å². The first-order chi connectivity index (χ1) is 9.40. The van der Waals surface area contributed by atoms with Crippen LogP contribution < -0.4 is 0 Å². The van der Waals surface area contributed by atoms with Gasteiger partial charge in [0.15, 0.2) is 0 Å². The molecule has 1 heterocycles. The van der Waals surface area contributed by atoms with E-state index in [4.69, 9.17) is 4.74 Å². The van der Waals surface area contributed by atoms with Crippen molar-refractivity contribution in [2.45, 2.75) is 110 Å². The maximum Gasteiger partial charge on any atom is 0.0575 e. The molecule has 0 N–H and O–H groups in total. The Labute approximate surface area is 130 Å². The monoisotopic (exact) mass is 300 g/mol. The van der Waals surface area contributed by atoms with Crippen LogP contribution in [0.25, 0.3) is 0 Å². The van der Waals surface area contributed by atoms with Crippen molar-refractivity contribution in [2.75, 3.05) is 6.61 Å². The van der Waals surface area contributed by atoms with Crippen molar-refractivity contribution in [3.63, 3.8) is 0 Å². The van der Waals surface area contributed by atoms with Gasteiger partial charge < -0.3 is 4.74 Å². The molecule has 0 aromatic heterocycles. The predicted octanol–water partition coefficient (Wildman–Crippen LogP) is 6.19. The average molecular weight is 301 g/mol. The highest BCUT2D eigenvalue weighted by Gasteiger charge is 2.22. The van der Waals surface area contributed by atoms with Crippen molar-refractivity contribution < 1.29 is 4.74 Å². The van der Waals surface area contributed by atoms with E-state index in [9.17, 15) is 0 Å². The van der Waals surface area contributed by atoms with E-state index in [1.807, 2.05) is 0 Å². The normalized spacial score (nSPS) is 20.2. The van der Waals surface area contributed by atoms with Crippen LogP contribution in [0, 0.1) is 0 Å². The molecule has 0 aromatic carbocycles. The molecule has 20 heavy (non-hydrogen) atoms. The lowest BCUT2D eigenvalue weighted by atomic mass is 10.1. The molecule has 1 saturated heterocycles. The van der Waals surface area contributed by atoms with E-state index in [-0.39, 0.29) is 0 Å². The summed E-state index contributed by atoms with van der Waals surface area (Å²) in [5, 5.41) is 0. The van der Waals surface area contributed by atoms with Crippen molar-refractivity contribution in [1.29, 1.82) is 0 Å². The van der Waals surface area contributed by atoms with Crippen LogP contribution in [-0.2, 0) is 4.74 Å². The minimum Gasteiger partial charge on any atom is -0.378 e. The number of rotatable bonds is 5. The number of hydrogen-bond acceptors (Lipinski definition) is 1. The number of ether oxygens (including phenoxy) is 1. The molecule has 0 aromatic rings. The first-order valence-corrected chi connectivity index (χ1v) is 11.0. The fourth-order valence-electron chi connectivity index (χ4n) is 3.84. The highest BCUT2D eigenvalue weighted by Crippen LogP contribution is 2.29. The van der Waals surface area contributed by atoms with E-state index in [0.717, 1.165) is 23.2 Å². The van der Waals surface area contributed by atoms with E-state index in [1.54, 1.807) is 0 Å². The van der Waals surface area contributed by atoms with Gasteiger partial charge in [-0.1, -0.05) is 84.4 Å². The van der Waals surface area contributed by atoms with E-state index < -0.39 is 8.80 Å². The summed E-state index contributed by atoms with van der Waals surface area (Å²) in [5.41, 5.74) is 2.92. The van der Waals surface area contributed by atoms with E-state index >= 15 is 0 Å². The third kappa shape index (κ3) is 9.18. The van der Waals surface area contributed by atoms with Crippen LogP contribution in [0.2, 0.25) is 16.6 Å². The maximum atomic E-state index is 5.64. The topological polar surface area (TPSA) is 9.23 Å². The molecule has 1 unspecified atom stereocenters. The third-order valence-electron chi connectivity index (χ3n) is 4.44. The van der Waals surface area contributed by atoms with E-state index in [2.05, 4.69) is 48.5 Å². The molecular weight excluding hydrogens is 260 g/mol. The average Bonchev–Trinajstić information content (AvgIpc) is 2.57. The van der Waals surface area contributed by atoms with Crippen molar-refractivity contribution in [2.24, 2.45) is 0 Å². The zero-order valence-electron chi connectivity index (χ0n) is 15.2. The van der Waals surface area contributed by atoms with Crippen LogP contribution in [0.3, 0.4) is 0 Å². The van der Waals surface area contributed by atoms with Crippen LogP contribution >= 0.6 is 0 Å². The summed E-state index contributed by atoms with van der Waals surface area (Å²) in [6.07, 6.45) is 8.45. The molecule has 1 rings (SSSR count). The van der Waals surface area contributed by atoms with Crippen molar-refractivity contribution >= 4 is 8.80 Å². The lowest BCUT2D eigenvalue weighted by molar-refractivity contribution is 0.0524. The van der Waals surface area contributed by atoms with Crippen LogP contribution in [0.15, 0.2) is 0 Å². The van der Waals surface area contributed by atoms with Gasteiger partial charge in [-0.25, -0.2) is 0 Å². The summed E-state index contributed by atoms with van der Waals surface area (Å²) in [6.45, 7) is 17.5. The molecule has 0 aliphatic carbocycles. The Morgan fingerprint density at radius 1 is 0.900 bits per heavy atom. The van der Waals surface area contributed by atoms with Crippen LogP contribution in [0.4, 0.5) is 0 Å². The summed E-state index contributed by atoms with van der Waals surface area (Å²) in [4.78, 5) is 0. The van der Waals surface area contributed by atoms with Gasteiger partial charge in [0.25, 0.3) is 0 Å². The minimum atomic E-state index is -0.454. The third-order valence-corrected chi connectivity index (χ3v) is 9.06. The Morgan fingerprint density at radius 2 is 1.45 bits per heavy atom. The van der Waals surface area contributed by atoms with Gasteiger partial charge in [-0.2, -0.15) is 0 Å². The molecule has 1 nitrogen and oxygen atoms in total. The Bertz CT molecular complexity index is 186. The first-order valence-electron chi connectivity index (χ1n) is 9.01. The Hall–Kier alpha value is 0.177. The molecule has 122 valence electrons. The molecule has 0 spiro atoms. The smallest absolute Gasteiger partial charge is 0.0575 e. The lowest BCUT2D eigenvalue weighted by Gasteiger charge is -2.26. The molecule has 1 aliphatic rings. The molecule has 1 atom stereocenters. The predicted molar refractivity (Wildman–Crippen MR) is 95.6 cm³/mol. The Morgan fingerprint density at radius 3 is 1.85 bits per heavy atom. The zero-order chi connectivity index (χ0) is 15.5. The molecule has 0 radical (unpaired) electrons. The molecule has 1 fully saturated rings. The Balaban J connectivity index is 0.000000361. The lowest BCUT2D eigenvalue weighted by Crippen LogP contribution is -2.24. The van der Waals surface area contributed by atoms with Gasteiger partial charge in [-0.3, -0.25) is 0 Å². The minimum absolute atomic E-state index is 0.454. The first kappa shape index (κ1) is 20.2. The van der Waals surface area contributed by atoms with E-state index in [1.165, 1.54) is 38.5 Å². The van der Waals surface area contributed by atoms with Gasteiger partial charge >= 0.3 is 0 Å². The molecule has 0 amide bonds. The largest absolute Gasteiger partial charge is 0.378 e. The van der Waals surface area contributed by atoms with E-state index in [0.29, 0.717) is 6.10 Å². The standard InChI is InChI=1S/C9H18O.C9H22Si/c1-2-6-9-7-4-3-5-8-10-9;1-7(2)10(8(3)4)9(5)6/h9H,2-8H2,1H3;7-10H,1-6H3. The highest BCUT2D eigenvalue weighted by molar-refractivity contribution is 6.63. The maximum absolute atomic E-state index is 5.64. The summed E-state index contributed by atoms with van der Waals surface area (Å²) >= 11 is 0. The Kier molecular flexibility index (Phi) is 11.9. The van der Waals surface area contributed by atoms with Crippen LogP contribution in [0.1, 0.15) is 87.0 Å². The van der Waals surface area contributed by atoms with Crippen LogP contribution in [-0.4, -0.2) is 21.5 Å². The number of hydrogen-bond donors (Lipinski definition) is 0. The fourth-order valence-corrected chi connectivity index (χ4v) is 8.46. The second-order valence-corrected chi connectivity index (χ2v) is 12.6. The second-order valence-electron chi connectivity index (χ2n) is 7.44. The second kappa shape index (κ2) is 11.8. The fraction of sp³-hybridized carbons (Fsp3) is 1.00. The van der Waals surface area contributed by atoms with Gasteiger partial charge in [0.05, 0.1) is 6.10 Å². The van der Waals surface area contributed by atoms with Crippen molar-refractivity contribution in [3.8, 4) is 0 Å². The SMILES string of the molecule is CC(C)[SiH](C(C)C)C(C)C.CCCC1CCCCCO1. The van der Waals surface area contributed by atoms with Gasteiger partial charge in [-0.05, 0) is 19.3 Å². The van der Waals surface area contributed by atoms with Gasteiger partial charge in [0.2, 0.25) is 0 Å². The molecular formula is C18H40OSi. The zero-order valence-corrected chi connectivity index (χ0v) is 16.4.